The minimum atomic E-state index is -1.24. The number of aliphatic hydroxyl groups is 1. The van der Waals surface area contributed by atoms with Gasteiger partial charge in [0.25, 0.3) is 5.91 Å². The number of nitrogen functional groups attached to an aromatic ring is 1. The molecule has 0 aliphatic heterocycles. The van der Waals surface area contributed by atoms with Crippen LogP contribution in [0.5, 0.6) is 5.88 Å². The summed E-state index contributed by atoms with van der Waals surface area (Å²) in [5.74, 6) is -1.16. The van der Waals surface area contributed by atoms with E-state index < -0.39 is 23.7 Å². The fourth-order valence-corrected chi connectivity index (χ4v) is 2.40. The third kappa shape index (κ3) is 7.08. The molecule has 2 rings (SSSR count). The van der Waals surface area contributed by atoms with Crippen LogP contribution in [0.1, 0.15) is 36.7 Å². The Hall–Kier alpha value is -3.95. The molecule has 0 unspecified atom stereocenters. The van der Waals surface area contributed by atoms with E-state index in [0.29, 0.717) is 11.1 Å². The van der Waals surface area contributed by atoms with Crippen LogP contribution in [-0.4, -0.2) is 57.0 Å². The van der Waals surface area contributed by atoms with Crippen LogP contribution in [0.25, 0.3) is 11.4 Å². The van der Waals surface area contributed by atoms with Gasteiger partial charge in [0.15, 0.2) is 5.82 Å². The number of hydrogen-bond acceptors (Lipinski definition) is 9. The van der Waals surface area contributed by atoms with E-state index in [0.717, 1.165) is 0 Å². The van der Waals surface area contributed by atoms with Crippen molar-refractivity contribution in [3.63, 3.8) is 0 Å². The molecule has 0 aliphatic carbocycles. The number of carbonyl (C=O) groups excluding carboxylic acids is 1. The minimum absolute atomic E-state index is 0.0885. The predicted molar refractivity (Wildman–Crippen MR) is 112 cm³/mol. The van der Waals surface area contributed by atoms with E-state index in [2.05, 4.69) is 20.8 Å². The van der Waals surface area contributed by atoms with Gasteiger partial charge in [0.2, 0.25) is 5.88 Å². The van der Waals surface area contributed by atoms with Gasteiger partial charge in [-0.25, -0.2) is 15.3 Å². The van der Waals surface area contributed by atoms with Gasteiger partial charge in [0.1, 0.15) is 24.1 Å². The van der Waals surface area contributed by atoms with E-state index in [1.165, 1.54) is 13.8 Å². The second-order valence-electron chi connectivity index (χ2n) is 7.45. The number of carbonyl (C=O) groups is 2. The van der Waals surface area contributed by atoms with Crippen LogP contribution in [0.4, 0.5) is 10.6 Å². The van der Waals surface area contributed by atoms with Gasteiger partial charge >= 0.3 is 6.09 Å². The molecule has 0 bridgehead atoms. The number of benzene rings is 1. The summed E-state index contributed by atoms with van der Waals surface area (Å²) < 4.78 is 5.68. The van der Waals surface area contributed by atoms with E-state index in [1.807, 2.05) is 6.07 Å². The van der Waals surface area contributed by atoms with E-state index in [4.69, 9.17) is 25.7 Å². The lowest BCUT2D eigenvalue weighted by molar-refractivity contribution is -0.0523. The molecule has 6 N–H and O–H groups in total. The summed E-state index contributed by atoms with van der Waals surface area (Å²) in [6.45, 7) is 4.26. The molecule has 1 atom stereocenters. The molecule has 32 heavy (non-hydrogen) atoms. The predicted octanol–water partition coefficient (Wildman–Crippen LogP) is 1.06. The van der Waals surface area contributed by atoms with Crippen LogP contribution in [0.15, 0.2) is 24.3 Å². The zero-order valence-corrected chi connectivity index (χ0v) is 17.7. The summed E-state index contributed by atoms with van der Waals surface area (Å²) in [6, 6.07) is 8.44. The minimum Gasteiger partial charge on any atom is -0.472 e. The topological polar surface area (TPSA) is 193 Å². The number of carboxylic acid groups (broad SMARTS) is 1. The van der Waals surface area contributed by atoms with E-state index >= 15 is 0 Å². The molecule has 12 nitrogen and oxygen atoms in total. The fourth-order valence-electron chi connectivity index (χ4n) is 2.40. The molecule has 170 valence electrons. The first-order chi connectivity index (χ1) is 15.0. The highest BCUT2D eigenvalue weighted by Gasteiger charge is 2.24. The highest BCUT2D eigenvalue weighted by atomic mass is 16.7. The van der Waals surface area contributed by atoms with Gasteiger partial charge in [-0.3, -0.25) is 9.63 Å². The normalized spacial score (nSPS) is 11.8. The quantitative estimate of drug-likeness (QED) is 0.349. The zero-order chi connectivity index (χ0) is 23.9. The molecular weight excluding hydrogens is 420 g/mol. The Kier molecular flexibility index (Phi) is 7.89. The van der Waals surface area contributed by atoms with Crippen LogP contribution in [0.2, 0.25) is 0 Å². The molecule has 2 amide bonds. The molecule has 0 fully saturated rings. The van der Waals surface area contributed by atoms with Gasteiger partial charge in [-0.15, -0.1) is 0 Å². The van der Waals surface area contributed by atoms with Crippen LogP contribution in [0.3, 0.4) is 0 Å². The van der Waals surface area contributed by atoms with Gasteiger partial charge in [0, 0.05) is 5.56 Å². The number of hydrogen-bond donors (Lipinski definition) is 5. The number of nitrogens with two attached hydrogens (primary N) is 1. The van der Waals surface area contributed by atoms with E-state index in [9.17, 15) is 14.7 Å². The van der Waals surface area contributed by atoms with Crippen molar-refractivity contribution < 1.29 is 29.4 Å². The molecular formula is C20H24N6O6. The summed E-state index contributed by atoms with van der Waals surface area (Å²) in [5, 5.41) is 29.8. The summed E-state index contributed by atoms with van der Waals surface area (Å²) in [7, 11) is 0. The number of amides is 2. The number of nitriles is 1. The number of rotatable bonds is 9. The Morgan fingerprint density at radius 3 is 2.69 bits per heavy atom. The number of aromatic nitrogens is 2. The van der Waals surface area contributed by atoms with Crippen LogP contribution in [-0.2, 0) is 4.84 Å². The summed E-state index contributed by atoms with van der Waals surface area (Å²) in [4.78, 5) is 36.8. The van der Waals surface area contributed by atoms with Gasteiger partial charge in [-0.1, -0.05) is 12.1 Å². The summed E-state index contributed by atoms with van der Waals surface area (Å²) in [5.41, 5.74) is 7.56. The summed E-state index contributed by atoms with van der Waals surface area (Å²) >= 11 is 0. The number of nitrogens with one attached hydrogen (secondary N) is 2. The Morgan fingerprint density at radius 2 is 2.06 bits per heavy atom. The lowest BCUT2D eigenvalue weighted by atomic mass is 10.1. The number of nitrogens with zero attached hydrogens (tertiary/aromatic N) is 3. The van der Waals surface area contributed by atoms with Crippen molar-refractivity contribution in [1.29, 1.82) is 5.26 Å². The first kappa shape index (κ1) is 24.3. The smallest absolute Gasteiger partial charge is 0.404 e. The van der Waals surface area contributed by atoms with E-state index in [1.54, 1.807) is 31.2 Å². The second-order valence-corrected chi connectivity index (χ2v) is 7.45. The highest BCUT2D eigenvalue weighted by molar-refractivity contribution is 6.00. The molecule has 0 aliphatic rings. The standard InChI is InChI=1S/C20H24N6O6/c1-11(9-23-19(28)29)32-18-14(17(27)26-31-10-20(2,3)30)15(22)24-16(25-18)13-6-4-5-12(7-13)8-21/h4-7,11,23,30H,9-10H2,1-3H3,(H,26,27)(H,28,29)(H2,22,24,25)/t11-/m0/s1. The van der Waals surface area contributed by atoms with Crippen LogP contribution < -0.4 is 21.3 Å². The van der Waals surface area contributed by atoms with Crippen LogP contribution in [0, 0.1) is 11.3 Å². The number of anilines is 1. The zero-order valence-electron chi connectivity index (χ0n) is 17.7. The highest BCUT2D eigenvalue weighted by Crippen LogP contribution is 2.27. The van der Waals surface area contributed by atoms with Crippen molar-refractivity contribution in [2.75, 3.05) is 18.9 Å². The van der Waals surface area contributed by atoms with E-state index in [-0.39, 0.29) is 36.2 Å². The SMILES string of the molecule is C[C@@H](CNC(=O)O)Oc1nc(-c2cccc(C#N)c2)nc(N)c1C(=O)NOCC(C)(C)O. The molecule has 2 aromatic rings. The maximum atomic E-state index is 12.7. The monoisotopic (exact) mass is 444 g/mol. The Balaban J connectivity index is 2.40. The molecule has 0 saturated carbocycles. The largest absolute Gasteiger partial charge is 0.472 e. The van der Waals surface area contributed by atoms with Crippen molar-refractivity contribution >= 4 is 17.8 Å². The van der Waals surface area contributed by atoms with Gasteiger partial charge < -0.3 is 26.0 Å². The Bertz CT molecular complexity index is 1030. The first-order valence-corrected chi connectivity index (χ1v) is 9.46. The molecule has 0 spiro atoms. The lowest BCUT2D eigenvalue weighted by Gasteiger charge is -2.19. The second kappa shape index (κ2) is 10.4. The van der Waals surface area contributed by atoms with Crippen molar-refractivity contribution in [3.05, 3.63) is 35.4 Å². The maximum Gasteiger partial charge on any atom is 0.404 e. The maximum absolute atomic E-state index is 12.7. The molecule has 1 aromatic heterocycles. The summed E-state index contributed by atoms with van der Waals surface area (Å²) in [6.07, 6.45) is -1.96. The third-order valence-electron chi connectivity index (χ3n) is 3.82. The van der Waals surface area contributed by atoms with Crippen molar-refractivity contribution in [1.82, 2.24) is 20.8 Å². The Morgan fingerprint density at radius 1 is 1.34 bits per heavy atom. The van der Waals surface area contributed by atoms with Crippen molar-refractivity contribution in [2.24, 2.45) is 0 Å². The molecule has 0 saturated heterocycles. The Labute approximate surface area is 184 Å². The van der Waals surface area contributed by atoms with Crippen molar-refractivity contribution in [3.8, 4) is 23.3 Å². The van der Waals surface area contributed by atoms with Gasteiger partial charge in [0.05, 0.1) is 23.8 Å². The first-order valence-electron chi connectivity index (χ1n) is 9.46. The number of ether oxygens (including phenoxy) is 1. The molecule has 1 heterocycles. The lowest BCUT2D eigenvalue weighted by Crippen LogP contribution is -2.35. The number of hydroxylamine groups is 1. The molecule has 1 aromatic carbocycles. The van der Waals surface area contributed by atoms with Gasteiger partial charge in [-0.2, -0.15) is 10.2 Å². The van der Waals surface area contributed by atoms with Crippen molar-refractivity contribution in [2.45, 2.75) is 32.5 Å². The molecule has 0 radical (unpaired) electrons. The van der Waals surface area contributed by atoms with Crippen LogP contribution >= 0.6 is 0 Å². The molecule has 12 heteroatoms. The third-order valence-corrected chi connectivity index (χ3v) is 3.82. The average Bonchev–Trinajstić information content (AvgIpc) is 2.71. The fraction of sp³-hybridized carbons (Fsp3) is 0.350. The van der Waals surface area contributed by atoms with Gasteiger partial charge in [-0.05, 0) is 32.9 Å². The average molecular weight is 444 g/mol.